The molecule has 0 aromatic heterocycles. The Kier molecular flexibility index (Phi) is 7.08. The molecule has 2 aromatic carbocycles. The molecule has 0 saturated heterocycles. The van der Waals surface area contributed by atoms with Crippen molar-refractivity contribution >= 4 is 17.6 Å². The molecule has 0 unspecified atom stereocenters. The van der Waals surface area contributed by atoms with E-state index in [2.05, 4.69) is 5.32 Å². The second-order valence-corrected chi connectivity index (χ2v) is 7.44. The molecule has 3 rings (SSSR count). The van der Waals surface area contributed by atoms with Gasteiger partial charge in [0.2, 0.25) is 5.91 Å². The van der Waals surface area contributed by atoms with Crippen LogP contribution in [-0.2, 0) is 14.9 Å². The molecule has 1 aliphatic carbocycles. The van der Waals surface area contributed by atoms with Crippen molar-refractivity contribution in [3.63, 3.8) is 0 Å². The third kappa shape index (κ3) is 4.48. The molecule has 0 bridgehead atoms. The summed E-state index contributed by atoms with van der Waals surface area (Å²) in [7, 11) is 0. The van der Waals surface area contributed by atoms with E-state index in [0.29, 0.717) is 36.4 Å². The Morgan fingerprint density at radius 2 is 1.77 bits per heavy atom. The maximum absolute atomic E-state index is 14.7. The Hall–Kier alpha value is -2.89. The van der Waals surface area contributed by atoms with Gasteiger partial charge in [0.25, 0.3) is 0 Å². The molecule has 0 atom stereocenters. The Bertz CT molecular complexity index is 906. The SMILES string of the molecule is CCOC(=O)c1cc(NC(=O)C2(c3ccccc3F)CCCCC2)ccc1OCC. The predicted molar refractivity (Wildman–Crippen MR) is 113 cm³/mol. The number of hydrogen-bond donors (Lipinski definition) is 1. The minimum Gasteiger partial charge on any atom is -0.493 e. The van der Waals surface area contributed by atoms with Crippen molar-refractivity contribution in [1.29, 1.82) is 0 Å². The molecule has 1 aliphatic rings. The number of halogens is 1. The number of anilines is 1. The summed E-state index contributed by atoms with van der Waals surface area (Å²) in [6, 6.07) is 11.4. The van der Waals surface area contributed by atoms with Crippen molar-refractivity contribution in [2.24, 2.45) is 0 Å². The zero-order valence-corrected chi connectivity index (χ0v) is 17.5. The summed E-state index contributed by atoms with van der Waals surface area (Å²) in [5, 5.41) is 2.92. The van der Waals surface area contributed by atoms with Gasteiger partial charge in [-0.2, -0.15) is 0 Å². The number of carbonyl (C=O) groups excluding carboxylic acids is 2. The molecule has 0 heterocycles. The zero-order chi connectivity index (χ0) is 21.6. The summed E-state index contributed by atoms with van der Waals surface area (Å²) in [5.41, 5.74) is 0.207. The Morgan fingerprint density at radius 1 is 1.03 bits per heavy atom. The molecule has 1 fully saturated rings. The van der Waals surface area contributed by atoms with Crippen LogP contribution in [0.4, 0.5) is 10.1 Å². The van der Waals surface area contributed by atoms with E-state index < -0.39 is 11.4 Å². The first-order valence-electron chi connectivity index (χ1n) is 10.5. The molecule has 6 heteroatoms. The van der Waals surface area contributed by atoms with Gasteiger partial charge < -0.3 is 14.8 Å². The quantitative estimate of drug-likeness (QED) is 0.631. The van der Waals surface area contributed by atoms with Crippen LogP contribution in [0.1, 0.15) is 61.9 Å². The molecule has 0 radical (unpaired) electrons. The fourth-order valence-electron chi connectivity index (χ4n) is 4.13. The van der Waals surface area contributed by atoms with Crippen LogP contribution in [0.3, 0.4) is 0 Å². The smallest absolute Gasteiger partial charge is 0.341 e. The van der Waals surface area contributed by atoms with E-state index in [9.17, 15) is 14.0 Å². The number of hydrogen-bond acceptors (Lipinski definition) is 4. The number of benzene rings is 2. The first kappa shape index (κ1) is 21.8. The van der Waals surface area contributed by atoms with Crippen molar-refractivity contribution < 1.29 is 23.5 Å². The summed E-state index contributed by atoms with van der Waals surface area (Å²) in [5.74, 6) is -0.742. The molecule has 5 nitrogen and oxygen atoms in total. The summed E-state index contributed by atoms with van der Waals surface area (Å²) in [6.45, 7) is 4.18. The minimum absolute atomic E-state index is 0.234. The first-order chi connectivity index (χ1) is 14.5. The van der Waals surface area contributed by atoms with E-state index in [1.165, 1.54) is 6.07 Å². The van der Waals surface area contributed by atoms with Crippen LogP contribution in [0.2, 0.25) is 0 Å². The van der Waals surface area contributed by atoms with Crippen LogP contribution >= 0.6 is 0 Å². The van der Waals surface area contributed by atoms with Gasteiger partial charge in [0.15, 0.2) is 0 Å². The van der Waals surface area contributed by atoms with Gasteiger partial charge >= 0.3 is 5.97 Å². The van der Waals surface area contributed by atoms with Gasteiger partial charge in [0.05, 0.1) is 18.6 Å². The highest BCUT2D eigenvalue weighted by Crippen LogP contribution is 2.41. The van der Waals surface area contributed by atoms with E-state index in [1.807, 2.05) is 6.92 Å². The number of carbonyl (C=O) groups is 2. The third-order valence-electron chi connectivity index (χ3n) is 5.56. The number of ether oxygens (including phenoxy) is 2. The van der Waals surface area contributed by atoms with E-state index in [1.54, 1.807) is 43.3 Å². The lowest BCUT2D eigenvalue weighted by atomic mass is 9.68. The van der Waals surface area contributed by atoms with Crippen LogP contribution in [-0.4, -0.2) is 25.1 Å². The number of amides is 1. The van der Waals surface area contributed by atoms with Crippen molar-refractivity contribution in [3.05, 3.63) is 59.4 Å². The van der Waals surface area contributed by atoms with E-state index in [0.717, 1.165) is 19.3 Å². The van der Waals surface area contributed by atoms with Gasteiger partial charge in [-0.05, 0) is 51.0 Å². The Balaban J connectivity index is 1.93. The molecular formula is C24H28FNO4. The van der Waals surface area contributed by atoms with Gasteiger partial charge in [0.1, 0.15) is 17.1 Å². The van der Waals surface area contributed by atoms with Crippen molar-refractivity contribution in [3.8, 4) is 5.75 Å². The molecule has 160 valence electrons. The normalized spacial score (nSPS) is 15.3. The Labute approximate surface area is 176 Å². The molecule has 0 spiro atoms. The van der Waals surface area contributed by atoms with Gasteiger partial charge in [-0.3, -0.25) is 4.79 Å². The van der Waals surface area contributed by atoms with E-state index in [-0.39, 0.29) is 23.9 Å². The molecule has 1 N–H and O–H groups in total. The van der Waals surface area contributed by atoms with Gasteiger partial charge in [0, 0.05) is 11.3 Å². The van der Waals surface area contributed by atoms with Crippen molar-refractivity contribution in [2.75, 3.05) is 18.5 Å². The van der Waals surface area contributed by atoms with Crippen LogP contribution in [0.25, 0.3) is 0 Å². The van der Waals surface area contributed by atoms with Gasteiger partial charge in [-0.1, -0.05) is 37.5 Å². The molecular weight excluding hydrogens is 385 g/mol. The topological polar surface area (TPSA) is 64.6 Å². The second kappa shape index (κ2) is 9.74. The summed E-state index contributed by atoms with van der Waals surface area (Å²) in [4.78, 5) is 25.8. The fraction of sp³-hybridized carbons (Fsp3) is 0.417. The van der Waals surface area contributed by atoms with Crippen LogP contribution < -0.4 is 10.1 Å². The van der Waals surface area contributed by atoms with Crippen LogP contribution in [0.5, 0.6) is 5.75 Å². The molecule has 1 saturated carbocycles. The monoisotopic (exact) mass is 413 g/mol. The molecule has 30 heavy (non-hydrogen) atoms. The molecule has 0 aliphatic heterocycles. The van der Waals surface area contributed by atoms with Gasteiger partial charge in [-0.15, -0.1) is 0 Å². The van der Waals surface area contributed by atoms with Crippen molar-refractivity contribution in [1.82, 2.24) is 0 Å². The summed E-state index contributed by atoms with van der Waals surface area (Å²) >= 11 is 0. The fourth-order valence-corrected chi connectivity index (χ4v) is 4.13. The first-order valence-corrected chi connectivity index (χ1v) is 10.5. The third-order valence-corrected chi connectivity index (χ3v) is 5.56. The maximum atomic E-state index is 14.7. The number of esters is 1. The minimum atomic E-state index is -0.924. The predicted octanol–water partition coefficient (Wildman–Crippen LogP) is 5.24. The van der Waals surface area contributed by atoms with Gasteiger partial charge in [-0.25, -0.2) is 9.18 Å². The van der Waals surface area contributed by atoms with Crippen molar-refractivity contribution in [2.45, 2.75) is 51.4 Å². The summed E-state index contributed by atoms with van der Waals surface area (Å²) < 4.78 is 25.3. The van der Waals surface area contributed by atoms with E-state index in [4.69, 9.17) is 9.47 Å². The molecule has 2 aromatic rings. The number of rotatable bonds is 7. The second-order valence-electron chi connectivity index (χ2n) is 7.44. The maximum Gasteiger partial charge on any atom is 0.341 e. The lowest BCUT2D eigenvalue weighted by Gasteiger charge is -2.36. The highest BCUT2D eigenvalue weighted by molar-refractivity contribution is 6.01. The van der Waals surface area contributed by atoms with Crippen LogP contribution in [0, 0.1) is 5.82 Å². The lowest BCUT2D eigenvalue weighted by molar-refractivity contribution is -0.122. The standard InChI is InChI=1S/C24H28FNO4/c1-3-29-21-13-12-17(16-18(21)22(27)30-4-2)26-23(28)24(14-8-5-9-15-24)19-10-6-7-11-20(19)25/h6-7,10-13,16H,3-5,8-9,14-15H2,1-2H3,(H,26,28). The Morgan fingerprint density at radius 3 is 2.43 bits per heavy atom. The van der Waals surface area contributed by atoms with E-state index >= 15 is 0 Å². The largest absolute Gasteiger partial charge is 0.493 e. The average Bonchev–Trinajstić information content (AvgIpc) is 2.76. The number of nitrogens with one attached hydrogen (secondary N) is 1. The summed E-state index contributed by atoms with van der Waals surface area (Å²) in [6.07, 6.45) is 3.92. The zero-order valence-electron chi connectivity index (χ0n) is 17.5. The highest BCUT2D eigenvalue weighted by atomic mass is 19.1. The highest BCUT2D eigenvalue weighted by Gasteiger charge is 2.42. The molecule has 1 amide bonds. The lowest BCUT2D eigenvalue weighted by Crippen LogP contribution is -2.42. The average molecular weight is 413 g/mol. The van der Waals surface area contributed by atoms with Crippen LogP contribution in [0.15, 0.2) is 42.5 Å².